The van der Waals surface area contributed by atoms with Crippen LogP contribution in [0.2, 0.25) is 0 Å². The first-order chi connectivity index (χ1) is 9.25. The Balaban J connectivity index is 1.65. The standard InChI is InChI=1S/C15H20N2O2/c1-11-14(7-8-19-11)17-10-16-13(15(17)18)9-12-5-3-2-4-6-12/h2-6,11,13-14,16H,7-10H2,1H3. The zero-order valence-electron chi connectivity index (χ0n) is 11.2. The fourth-order valence-corrected chi connectivity index (χ4v) is 2.99. The average molecular weight is 260 g/mol. The maximum Gasteiger partial charge on any atom is 0.241 e. The Hall–Kier alpha value is -1.39. The number of hydrogen-bond acceptors (Lipinski definition) is 3. The van der Waals surface area contributed by atoms with Gasteiger partial charge in [0.05, 0.1) is 24.9 Å². The van der Waals surface area contributed by atoms with Gasteiger partial charge in [-0.3, -0.25) is 10.1 Å². The second kappa shape index (κ2) is 5.31. The molecule has 3 atom stereocenters. The predicted octanol–water partition coefficient (Wildman–Crippen LogP) is 1.16. The predicted molar refractivity (Wildman–Crippen MR) is 72.6 cm³/mol. The minimum absolute atomic E-state index is 0.0878. The van der Waals surface area contributed by atoms with E-state index in [2.05, 4.69) is 24.4 Å². The van der Waals surface area contributed by atoms with Crippen LogP contribution >= 0.6 is 0 Å². The van der Waals surface area contributed by atoms with E-state index in [1.165, 1.54) is 5.56 Å². The molecule has 2 aliphatic heterocycles. The van der Waals surface area contributed by atoms with Crippen LogP contribution < -0.4 is 5.32 Å². The second-order valence-electron chi connectivity index (χ2n) is 5.34. The first-order valence-corrected chi connectivity index (χ1v) is 6.95. The summed E-state index contributed by atoms with van der Waals surface area (Å²) in [5.74, 6) is 0.214. The normalized spacial score (nSPS) is 31.1. The molecular formula is C15H20N2O2. The van der Waals surface area contributed by atoms with Crippen LogP contribution in [-0.4, -0.2) is 42.3 Å². The van der Waals surface area contributed by atoms with Gasteiger partial charge in [0.2, 0.25) is 5.91 Å². The van der Waals surface area contributed by atoms with Crippen LogP contribution in [0, 0.1) is 0 Å². The third-order valence-corrected chi connectivity index (χ3v) is 4.11. The van der Waals surface area contributed by atoms with Gasteiger partial charge in [0, 0.05) is 6.61 Å². The van der Waals surface area contributed by atoms with Crippen molar-refractivity contribution in [2.75, 3.05) is 13.3 Å². The molecule has 2 heterocycles. The van der Waals surface area contributed by atoms with Gasteiger partial charge in [-0.2, -0.15) is 0 Å². The topological polar surface area (TPSA) is 41.6 Å². The third kappa shape index (κ3) is 2.51. The quantitative estimate of drug-likeness (QED) is 0.887. The summed E-state index contributed by atoms with van der Waals surface area (Å²) in [5, 5.41) is 3.32. The van der Waals surface area contributed by atoms with Crippen molar-refractivity contribution in [3.05, 3.63) is 35.9 Å². The van der Waals surface area contributed by atoms with Gasteiger partial charge in [-0.15, -0.1) is 0 Å². The number of rotatable bonds is 3. The van der Waals surface area contributed by atoms with Crippen LogP contribution in [0.5, 0.6) is 0 Å². The minimum atomic E-state index is -0.0878. The number of nitrogens with zero attached hydrogens (tertiary/aromatic N) is 1. The van der Waals surface area contributed by atoms with Crippen molar-refractivity contribution in [2.45, 2.75) is 38.0 Å². The van der Waals surface area contributed by atoms with E-state index in [9.17, 15) is 4.79 Å². The minimum Gasteiger partial charge on any atom is -0.376 e. The van der Waals surface area contributed by atoms with E-state index in [4.69, 9.17) is 4.74 Å². The fourth-order valence-electron chi connectivity index (χ4n) is 2.99. The van der Waals surface area contributed by atoms with Crippen molar-refractivity contribution in [1.29, 1.82) is 0 Å². The Bertz CT molecular complexity index is 449. The molecule has 0 aliphatic carbocycles. The van der Waals surface area contributed by atoms with Gasteiger partial charge in [-0.1, -0.05) is 30.3 Å². The summed E-state index contributed by atoms with van der Waals surface area (Å²) < 4.78 is 5.56. The molecule has 0 spiro atoms. The van der Waals surface area contributed by atoms with Crippen LogP contribution in [-0.2, 0) is 16.0 Å². The molecule has 3 rings (SSSR count). The van der Waals surface area contributed by atoms with E-state index < -0.39 is 0 Å². The molecule has 0 bridgehead atoms. The molecule has 0 aromatic heterocycles. The number of carbonyl (C=O) groups excluding carboxylic acids is 1. The first kappa shape index (κ1) is 12.6. The van der Waals surface area contributed by atoms with Crippen molar-refractivity contribution < 1.29 is 9.53 Å². The number of ether oxygens (including phenoxy) is 1. The lowest BCUT2D eigenvalue weighted by Crippen LogP contribution is -2.42. The molecule has 2 aliphatic rings. The van der Waals surface area contributed by atoms with Crippen LogP contribution in [0.1, 0.15) is 18.9 Å². The molecule has 4 heteroatoms. The molecule has 19 heavy (non-hydrogen) atoms. The van der Waals surface area contributed by atoms with Crippen LogP contribution in [0.25, 0.3) is 0 Å². The summed E-state index contributed by atoms with van der Waals surface area (Å²) in [6, 6.07) is 10.3. The molecule has 1 aromatic rings. The number of benzene rings is 1. The summed E-state index contributed by atoms with van der Waals surface area (Å²) in [7, 11) is 0. The SMILES string of the molecule is CC1OCCC1N1CNC(Cc2ccccc2)C1=O. The molecule has 0 radical (unpaired) electrons. The highest BCUT2D eigenvalue weighted by molar-refractivity contribution is 5.84. The summed E-state index contributed by atoms with van der Waals surface area (Å²) in [5.41, 5.74) is 1.20. The van der Waals surface area contributed by atoms with E-state index in [0.717, 1.165) is 19.4 Å². The lowest BCUT2D eigenvalue weighted by molar-refractivity contribution is -0.131. The van der Waals surface area contributed by atoms with E-state index in [0.29, 0.717) is 6.67 Å². The van der Waals surface area contributed by atoms with Gasteiger partial charge in [-0.05, 0) is 25.3 Å². The molecule has 0 saturated carbocycles. The summed E-state index contributed by atoms with van der Waals surface area (Å²) in [4.78, 5) is 14.4. The van der Waals surface area contributed by atoms with E-state index in [1.54, 1.807) is 0 Å². The smallest absolute Gasteiger partial charge is 0.241 e. The van der Waals surface area contributed by atoms with Crippen molar-refractivity contribution in [1.82, 2.24) is 10.2 Å². The molecule has 1 N–H and O–H groups in total. The lowest BCUT2D eigenvalue weighted by atomic mass is 10.0. The zero-order chi connectivity index (χ0) is 13.2. The monoisotopic (exact) mass is 260 g/mol. The first-order valence-electron chi connectivity index (χ1n) is 6.95. The summed E-state index contributed by atoms with van der Waals surface area (Å²) in [6.45, 7) is 3.46. The van der Waals surface area contributed by atoms with Gasteiger partial charge in [-0.25, -0.2) is 0 Å². The number of nitrogens with one attached hydrogen (secondary N) is 1. The molecular weight excluding hydrogens is 240 g/mol. The largest absolute Gasteiger partial charge is 0.376 e. The van der Waals surface area contributed by atoms with Gasteiger partial charge in [0.25, 0.3) is 0 Å². The Kier molecular flexibility index (Phi) is 3.53. The average Bonchev–Trinajstić information content (AvgIpc) is 2.98. The van der Waals surface area contributed by atoms with Crippen molar-refractivity contribution in [2.24, 2.45) is 0 Å². The van der Waals surface area contributed by atoms with E-state index in [1.807, 2.05) is 23.1 Å². The third-order valence-electron chi connectivity index (χ3n) is 4.11. The summed E-state index contributed by atoms with van der Waals surface area (Å²) >= 11 is 0. The Morgan fingerprint density at radius 1 is 1.37 bits per heavy atom. The second-order valence-corrected chi connectivity index (χ2v) is 5.34. The van der Waals surface area contributed by atoms with Crippen molar-refractivity contribution >= 4 is 5.91 Å². The molecule has 2 fully saturated rings. The molecule has 2 saturated heterocycles. The van der Waals surface area contributed by atoms with E-state index >= 15 is 0 Å². The maximum atomic E-state index is 12.5. The Morgan fingerprint density at radius 2 is 2.16 bits per heavy atom. The maximum absolute atomic E-state index is 12.5. The molecule has 3 unspecified atom stereocenters. The zero-order valence-corrected chi connectivity index (χ0v) is 11.2. The number of carbonyl (C=O) groups is 1. The van der Waals surface area contributed by atoms with Crippen LogP contribution in [0.15, 0.2) is 30.3 Å². The van der Waals surface area contributed by atoms with Crippen molar-refractivity contribution in [3.63, 3.8) is 0 Å². The van der Waals surface area contributed by atoms with Crippen molar-refractivity contribution in [3.8, 4) is 0 Å². The van der Waals surface area contributed by atoms with Crippen LogP contribution in [0.4, 0.5) is 0 Å². The number of hydrogen-bond donors (Lipinski definition) is 1. The Labute approximate surface area is 113 Å². The van der Waals surface area contributed by atoms with Gasteiger partial charge in [0.15, 0.2) is 0 Å². The molecule has 1 amide bonds. The highest BCUT2D eigenvalue weighted by Crippen LogP contribution is 2.22. The van der Waals surface area contributed by atoms with Gasteiger partial charge in [0.1, 0.15) is 0 Å². The molecule has 4 nitrogen and oxygen atoms in total. The van der Waals surface area contributed by atoms with Crippen LogP contribution in [0.3, 0.4) is 0 Å². The highest BCUT2D eigenvalue weighted by atomic mass is 16.5. The van der Waals surface area contributed by atoms with Gasteiger partial charge < -0.3 is 9.64 Å². The summed E-state index contributed by atoms with van der Waals surface area (Å²) in [6.07, 6.45) is 1.87. The number of amides is 1. The van der Waals surface area contributed by atoms with E-state index in [-0.39, 0.29) is 24.1 Å². The molecule has 1 aromatic carbocycles. The Morgan fingerprint density at radius 3 is 2.84 bits per heavy atom. The highest BCUT2D eigenvalue weighted by Gasteiger charge is 2.39. The van der Waals surface area contributed by atoms with Gasteiger partial charge >= 0.3 is 0 Å². The molecule has 102 valence electrons. The fraction of sp³-hybridized carbons (Fsp3) is 0.533. The lowest BCUT2D eigenvalue weighted by Gasteiger charge is -2.25.